The van der Waals surface area contributed by atoms with Gasteiger partial charge in [0.1, 0.15) is 18.2 Å². The van der Waals surface area contributed by atoms with Crippen molar-refractivity contribution in [2.75, 3.05) is 25.2 Å². The van der Waals surface area contributed by atoms with Gasteiger partial charge in [-0.15, -0.1) is 0 Å². The molecule has 1 aromatic carbocycles. The van der Waals surface area contributed by atoms with Gasteiger partial charge in [-0.05, 0) is 19.9 Å². The standard InChI is InChI=1S/C16H17ClFNO4/c1-9(2)10-6-15(20)19(16(10)21)13-8-14(23-5-4-22-3)11(17)7-12(13)18/h7-8H,4-6H2,1-3H3. The van der Waals surface area contributed by atoms with Crippen LogP contribution in [0.4, 0.5) is 10.1 Å². The Bertz CT molecular complexity index is 683. The highest BCUT2D eigenvalue weighted by Gasteiger charge is 2.37. The van der Waals surface area contributed by atoms with Crippen molar-refractivity contribution in [2.24, 2.45) is 0 Å². The summed E-state index contributed by atoms with van der Waals surface area (Å²) >= 11 is 5.94. The minimum atomic E-state index is -0.759. The number of hydrogen-bond donors (Lipinski definition) is 0. The fraction of sp³-hybridized carbons (Fsp3) is 0.375. The maximum absolute atomic E-state index is 14.2. The smallest absolute Gasteiger partial charge is 0.261 e. The van der Waals surface area contributed by atoms with Crippen molar-refractivity contribution in [1.29, 1.82) is 0 Å². The Kier molecular flexibility index (Phi) is 5.38. The summed E-state index contributed by atoms with van der Waals surface area (Å²) in [4.78, 5) is 25.3. The Labute approximate surface area is 138 Å². The Morgan fingerprint density at radius 3 is 2.57 bits per heavy atom. The minimum absolute atomic E-state index is 0.0386. The molecule has 0 bridgehead atoms. The number of methoxy groups -OCH3 is 1. The van der Waals surface area contributed by atoms with Crippen molar-refractivity contribution in [2.45, 2.75) is 20.3 Å². The van der Waals surface area contributed by atoms with Crippen LogP contribution in [0, 0.1) is 5.82 Å². The molecule has 7 heteroatoms. The van der Waals surface area contributed by atoms with E-state index in [0.29, 0.717) is 12.2 Å². The highest BCUT2D eigenvalue weighted by molar-refractivity contribution is 6.32. The van der Waals surface area contributed by atoms with Crippen molar-refractivity contribution in [3.8, 4) is 5.75 Å². The van der Waals surface area contributed by atoms with E-state index in [9.17, 15) is 14.0 Å². The molecule has 5 nitrogen and oxygen atoms in total. The first kappa shape index (κ1) is 17.4. The lowest BCUT2D eigenvalue weighted by Gasteiger charge is -2.17. The van der Waals surface area contributed by atoms with Crippen molar-refractivity contribution >= 4 is 29.1 Å². The van der Waals surface area contributed by atoms with Crippen molar-refractivity contribution < 1.29 is 23.5 Å². The molecular formula is C16H17ClFNO4. The zero-order chi connectivity index (χ0) is 17.1. The van der Waals surface area contributed by atoms with E-state index in [1.807, 2.05) is 0 Å². The quantitative estimate of drug-likeness (QED) is 0.469. The second-order valence-corrected chi connectivity index (χ2v) is 5.67. The number of anilines is 1. The average Bonchev–Trinajstić information content (AvgIpc) is 2.77. The first-order valence-corrected chi connectivity index (χ1v) is 7.39. The number of carbonyl (C=O) groups is 2. The number of halogens is 2. The molecule has 1 aliphatic rings. The van der Waals surface area contributed by atoms with Gasteiger partial charge in [-0.3, -0.25) is 9.59 Å². The maximum Gasteiger partial charge on any atom is 0.261 e. The van der Waals surface area contributed by atoms with E-state index in [0.717, 1.165) is 16.5 Å². The van der Waals surface area contributed by atoms with Gasteiger partial charge >= 0.3 is 0 Å². The molecule has 1 fully saturated rings. The fourth-order valence-corrected chi connectivity index (χ4v) is 2.43. The number of hydrogen-bond acceptors (Lipinski definition) is 4. The zero-order valence-electron chi connectivity index (χ0n) is 13.1. The van der Waals surface area contributed by atoms with Crippen LogP contribution in [0.1, 0.15) is 20.3 Å². The van der Waals surface area contributed by atoms with Gasteiger partial charge in [0.05, 0.1) is 23.7 Å². The van der Waals surface area contributed by atoms with Crippen LogP contribution in [0.5, 0.6) is 5.75 Å². The number of imide groups is 1. The second-order valence-electron chi connectivity index (χ2n) is 5.26. The van der Waals surface area contributed by atoms with Gasteiger partial charge in [0.25, 0.3) is 5.91 Å². The Morgan fingerprint density at radius 2 is 2.00 bits per heavy atom. The summed E-state index contributed by atoms with van der Waals surface area (Å²) in [6.07, 6.45) is -0.0386. The predicted octanol–water partition coefficient (Wildman–Crippen LogP) is 3.10. The molecule has 0 N–H and O–H groups in total. The van der Waals surface area contributed by atoms with Crippen LogP contribution in [-0.4, -0.2) is 32.1 Å². The van der Waals surface area contributed by atoms with Crippen LogP contribution >= 0.6 is 11.6 Å². The van der Waals surface area contributed by atoms with Crippen LogP contribution in [0.15, 0.2) is 23.3 Å². The Hall–Kier alpha value is -1.92. The highest BCUT2D eigenvalue weighted by Crippen LogP contribution is 2.36. The third-order valence-corrected chi connectivity index (χ3v) is 3.72. The fourth-order valence-electron chi connectivity index (χ4n) is 2.22. The van der Waals surface area contributed by atoms with Gasteiger partial charge in [0.2, 0.25) is 5.91 Å². The molecule has 0 saturated carbocycles. The summed E-state index contributed by atoms with van der Waals surface area (Å²) in [7, 11) is 1.52. The van der Waals surface area contributed by atoms with Gasteiger partial charge < -0.3 is 9.47 Å². The molecule has 23 heavy (non-hydrogen) atoms. The number of allylic oxidation sites excluding steroid dienone is 1. The van der Waals surface area contributed by atoms with E-state index < -0.39 is 17.6 Å². The van der Waals surface area contributed by atoms with Crippen LogP contribution in [0.3, 0.4) is 0 Å². The zero-order valence-corrected chi connectivity index (χ0v) is 13.9. The molecule has 0 unspecified atom stereocenters. The van der Waals surface area contributed by atoms with Crippen LogP contribution in [-0.2, 0) is 14.3 Å². The molecule has 1 aliphatic heterocycles. The van der Waals surface area contributed by atoms with Crippen molar-refractivity contribution in [3.05, 3.63) is 34.1 Å². The third-order valence-electron chi connectivity index (χ3n) is 3.43. The third kappa shape index (κ3) is 3.54. The molecule has 0 aromatic heterocycles. The first-order chi connectivity index (χ1) is 10.9. The molecule has 0 atom stereocenters. The van der Waals surface area contributed by atoms with Gasteiger partial charge in [-0.25, -0.2) is 9.29 Å². The molecule has 124 valence electrons. The molecule has 0 radical (unpaired) electrons. The summed E-state index contributed by atoms with van der Waals surface area (Å²) < 4.78 is 24.5. The number of rotatable bonds is 5. The van der Waals surface area contributed by atoms with E-state index in [2.05, 4.69) is 0 Å². The van der Waals surface area contributed by atoms with Crippen LogP contribution < -0.4 is 9.64 Å². The van der Waals surface area contributed by atoms with Crippen LogP contribution in [0.25, 0.3) is 0 Å². The number of carbonyl (C=O) groups excluding carboxylic acids is 2. The average molecular weight is 342 g/mol. The molecule has 0 aliphatic carbocycles. The molecule has 1 heterocycles. The largest absolute Gasteiger partial charge is 0.490 e. The SMILES string of the molecule is COCCOc1cc(N2C(=O)CC(=C(C)C)C2=O)c(F)cc1Cl. The van der Waals surface area contributed by atoms with Crippen LogP contribution in [0.2, 0.25) is 5.02 Å². The summed E-state index contributed by atoms with van der Waals surface area (Å²) in [5, 5.41) is 0.0592. The number of nitrogens with zero attached hydrogens (tertiary/aromatic N) is 1. The molecule has 1 saturated heterocycles. The predicted molar refractivity (Wildman–Crippen MR) is 84.3 cm³/mol. The lowest BCUT2D eigenvalue weighted by molar-refractivity contribution is -0.120. The topological polar surface area (TPSA) is 55.8 Å². The summed E-state index contributed by atoms with van der Waals surface area (Å²) in [6, 6.07) is 2.29. The lowest BCUT2D eigenvalue weighted by Crippen LogP contribution is -2.30. The number of benzene rings is 1. The lowest BCUT2D eigenvalue weighted by atomic mass is 10.1. The van der Waals surface area contributed by atoms with E-state index in [-0.39, 0.29) is 29.5 Å². The first-order valence-electron chi connectivity index (χ1n) is 7.01. The second kappa shape index (κ2) is 7.10. The monoisotopic (exact) mass is 341 g/mol. The van der Waals surface area contributed by atoms with Crippen molar-refractivity contribution in [1.82, 2.24) is 0 Å². The normalized spacial score (nSPS) is 14.7. The summed E-state index contributed by atoms with van der Waals surface area (Å²) in [6.45, 7) is 4.01. The minimum Gasteiger partial charge on any atom is -0.490 e. The van der Waals surface area contributed by atoms with E-state index >= 15 is 0 Å². The Balaban J connectivity index is 2.39. The van der Waals surface area contributed by atoms with Gasteiger partial charge in [-0.2, -0.15) is 0 Å². The van der Waals surface area contributed by atoms with Crippen molar-refractivity contribution in [3.63, 3.8) is 0 Å². The molecule has 2 rings (SSSR count). The van der Waals surface area contributed by atoms with Gasteiger partial charge in [0.15, 0.2) is 0 Å². The van der Waals surface area contributed by atoms with Gasteiger partial charge in [0, 0.05) is 18.7 Å². The summed E-state index contributed by atoms with van der Waals surface area (Å²) in [5.74, 6) is -1.56. The number of amides is 2. The van der Waals surface area contributed by atoms with E-state index in [4.69, 9.17) is 21.1 Å². The number of ether oxygens (including phenoxy) is 2. The Morgan fingerprint density at radius 1 is 1.30 bits per heavy atom. The molecular weight excluding hydrogens is 325 g/mol. The highest BCUT2D eigenvalue weighted by atomic mass is 35.5. The molecule has 0 spiro atoms. The van der Waals surface area contributed by atoms with E-state index in [1.54, 1.807) is 13.8 Å². The summed E-state index contributed by atoms with van der Waals surface area (Å²) in [5.41, 5.74) is 0.955. The molecule has 1 aromatic rings. The molecule has 2 amide bonds. The van der Waals surface area contributed by atoms with E-state index in [1.165, 1.54) is 13.2 Å². The van der Waals surface area contributed by atoms with Gasteiger partial charge in [-0.1, -0.05) is 17.2 Å². The maximum atomic E-state index is 14.2.